The molecule has 0 saturated heterocycles. The van der Waals surface area contributed by atoms with E-state index in [-0.39, 0.29) is 6.03 Å². The van der Waals surface area contributed by atoms with Gasteiger partial charge < -0.3 is 24.8 Å². The van der Waals surface area contributed by atoms with Crippen LogP contribution in [0, 0.1) is 12.8 Å². The highest BCUT2D eigenvalue weighted by Crippen LogP contribution is 2.15. The first-order valence-corrected chi connectivity index (χ1v) is 11.5. The van der Waals surface area contributed by atoms with Gasteiger partial charge in [-0.25, -0.2) is 9.59 Å². The summed E-state index contributed by atoms with van der Waals surface area (Å²) in [5, 5.41) is 12.2. The highest BCUT2D eigenvalue weighted by Gasteiger charge is 2.18. The molecule has 2 aromatic rings. The Morgan fingerprint density at radius 3 is 2.42 bits per heavy atom. The van der Waals surface area contributed by atoms with Gasteiger partial charge in [0.15, 0.2) is 6.10 Å². The van der Waals surface area contributed by atoms with E-state index < -0.39 is 12.1 Å². The lowest BCUT2D eigenvalue weighted by Crippen LogP contribution is -2.39. The van der Waals surface area contributed by atoms with Crippen molar-refractivity contribution < 1.29 is 24.2 Å². The summed E-state index contributed by atoms with van der Waals surface area (Å²) in [7, 11) is 0. The monoisotopic (exact) mass is 456 g/mol. The number of rotatable bonds is 13. The number of carboxylic acids is 1. The number of carbonyl (C=O) groups is 2. The van der Waals surface area contributed by atoms with Crippen LogP contribution in [0.1, 0.15) is 38.3 Å². The molecule has 0 aromatic heterocycles. The summed E-state index contributed by atoms with van der Waals surface area (Å²) in [5.41, 5.74) is 2.72. The van der Waals surface area contributed by atoms with Crippen LogP contribution in [-0.4, -0.2) is 54.4 Å². The highest BCUT2D eigenvalue weighted by molar-refractivity contribution is 5.89. The number of ether oxygens (including phenoxy) is 2. The summed E-state index contributed by atoms with van der Waals surface area (Å²) in [6.07, 6.45) is 0.342. The SMILES string of the molecule is CCOC(Cc1ccc(OCCN(CCC(C)C)C(=O)Nc2cccc(C)c2)cc1)C(=O)O. The lowest BCUT2D eigenvalue weighted by Gasteiger charge is -2.24. The molecule has 2 rings (SSSR count). The first kappa shape index (κ1) is 26.2. The molecule has 0 saturated carbocycles. The van der Waals surface area contributed by atoms with Crippen LogP contribution >= 0.6 is 0 Å². The van der Waals surface area contributed by atoms with Gasteiger partial charge in [-0.05, 0) is 61.6 Å². The van der Waals surface area contributed by atoms with Crippen molar-refractivity contribution in [3.05, 3.63) is 59.7 Å². The molecule has 7 heteroatoms. The number of nitrogens with zero attached hydrogens (tertiary/aromatic N) is 1. The molecule has 1 atom stereocenters. The van der Waals surface area contributed by atoms with E-state index in [1.807, 2.05) is 55.5 Å². The average molecular weight is 457 g/mol. The van der Waals surface area contributed by atoms with Crippen molar-refractivity contribution in [1.29, 1.82) is 0 Å². The smallest absolute Gasteiger partial charge is 0.333 e. The van der Waals surface area contributed by atoms with Crippen molar-refractivity contribution in [2.24, 2.45) is 5.92 Å². The Balaban J connectivity index is 1.91. The average Bonchev–Trinajstić information content (AvgIpc) is 2.76. The zero-order chi connectivity index (χ0) is 24.2. The molecule has 0 bridgehead atoms. The van der Waals surface area contributed by atoms with Crippen molar-refractivity contribution in [3.63, 3.8) is 0 Å². The Labute approximate surface area is 196 Å². The van der Waals surface area contributed by atoms with E-state index in [1.54, 1.807) is 11.8 Å². The maximum absolute atomic E-state index is 12.8. The topological polar surface area (TPSA) is 88.1 Å². The van der Waals surface area contributed by atoms with Gasteiger partial charge in [0.1, 0.15) is 12.4 Å². The first-order chi connectivity index (χ1) is 15.8. The number of carboxylic acid groups (broad SMARTS) is 1. The second kappa shape index (κ2) is 13.5. The van der Waals surface area contributed by atoms with Crippen LogP contribution in [0.4, 0.5) is 10.5 Å². The maximum atomic E-state index is 12.8. The zero-order valence-corrected chi connectivity index (χ0v) is 20.0. The number of aryl methyl sites for hydroxylation is 1. The normalized spacial score (nSPS) is 11.8. The Kier molecular flexibility index (Phi) is 10.7. The van der Waals surface area contributed by atoms with Gasteiger partial charge in [-0.1, -0.05) is 38.1 Å². The van der Waals surface area contributed by atoms with Gasteiger partial charge in [-0.15, -0.1) is 0 Å². The Hall–Kier alpha value is -3.06. The molecule has 0 aliphatic carbocycles. The molecular formula is C26H36N2O5. The largest absolute Gasteiger partial charge is 0.492 e. The van der Waals surface area contributed by atoms with E-state index in [1.165, 1.54) is 0 Å². The number of anilines is 1. The number of benzene rings is 2. The molecule has 7 nitrogen and oxygen atoms in total. The molecule has 1 unspecified atom stereocenters. The zero-order valence-electron chi connectivity index (χ0n) is 20.0. The van der Waals surface area contributed by atoms with Crippen molar-refractivity contribution in [2.45, 2.75) is 46.6 Å². The van der Waals surface area contributed by atoms with Crippen LogP contribution in [-0.2, 0) is 16.0 Å². The molecular weight excluding hydrogens is 420 g/mol. The fourth-order valence-electron chi connectivity index (χ4n) is 3.28. The molecule has 2 N–H and O–H groups in total. The van der Waals surface area contributed by atoms with E-state index in [0.29, 0.717) is 44.4 Å². The second-order valence-corrected chi connectivity index (χ2v) is 8.45. The van der Waals surface area contributed by atoms with Gasteiger partial charge in [-0.3, -0.25) is 0 Å². The summed E-state index contributed by atoms with van der Waals surface area (Å²) >= 11 is 0. The van der Waals surface area contributed by atoms with E-state index in [4.69, 9.17) is 9.47 Å². The quantitative estimate of drug-likeness (QED) is 0.443. The number of urea groups is 1. The minimum absolute atomic E-state index is 0.143. The van der Waals surface area contributed by atoms with Gasteiger partial charge >= 0.3 is 12.0 Å². The van der Waals surface area contributed by atoms with Crippen molar-refractivity contribution in [2.75, 3.05) is 31.6 Å². The predicted molar refractivity (Wildman–Crippen MR) is 130 cm³/mol. The molecule has 0 aliphatic rings. The molecule has 2 amide bonds. The molecule has 2 aromatic carbocycles. The van der Waals surface area contributed by atoms with E-state index in [9.17, 15) is 14.7 Å². The molecule has 33 heavy (non-hydrogen) atoms. The standard InChI is InChI=1S/C26H36N2O5/c1-5-32-24(25(29)30)18-21-9-11-23(12-10-21)33-16-15-28(14-13-19(2)3)26(31)27-22-8-6-7-20(4)17-22/h6-12,17,19,24H,5,13-16,18H2,1-4H3,(H,27,31)(H,29,30). The van der Waals surface area contributed by atoms with Crippen molar-refractivity contribution in [1.82, 2.24) is 4.90 Å². The number of carbonyl (C=O) groups excluding carboxylic acids is 1. The number of aliphatic carboxylic acids is 1. The van der Waals surface area contributed by atoms with Crippen LogP contribution in [0.3, 0.4) is 0 Å². The lowest BCUT2D eigenvalue weighted by molar-refractivity contribution is -0.149. The number of nitrogens with one attached hydrogen (secondary N) is 1. The Morgan fingerprint density at radius 2 is 1.82 bits per heavy atom. The Morgan fingerprint density at radius 1 is 1.09 bits per heavy atom. The van der Waals surface area contributed by atoms with Crippen LogP contribution in [0.2, 0.25) is 0 Å². The highest BCUT2D eigenvalue weighted by atomic mass is 16.5. The van der Waals surface area contributed by atoms with Gasteiger partial charge in [-0.2, -0.15) is 0 Å². The van der Waals surface area contributed by atoms with Crippen LogP contribution in [0.15, 0.2) is 48.5 Å². The molecule has 0 radical (unpaired) electrons. The summed E-state index contributed by atoms with van der Waals surface area (Å²) in [5.74, 6) is 0.187. The molecule has 180 valence electrons. The fraction of sp³-hybridized carbons (Fsp3) is 0.462. The molecule has 0 spiro atoms. The van der Waals surface area contributed by atoms with Crippen molar-refractivity contribution in [3.8, 4) is 5.75 Å². The number of hydrogen-bond donors (Lipinski definition) is 2. The van der Waals surface area contributed by atoms with Gasteiger partial charge in [0.2, 0.25) is 0 Å². The maximum Gasteiger partial charge on any atom is 0.333 e. The third kappa shape index (κ3) is 9.53. The molecule has 0 heterocycles. The molecule has 0 fully saturated rings. The molecule has 0 aliphatic heterocycles. The van der Waals surface area contributed by atoms with E-state index in [0.717, 1.165) is 23.2 Å². The predicted octanol–water partition coefficient (Wildman–Crippen LogP) is 4.99. The first-order valence-electron chi connectivity index (χ1n) is 11.5. The summed E-state index contributed by atoms with van der Waals surface area (Å²) < 4.78 is 11.1. The third-order valence-electron chi connectivity index (χ3n) is 5.15. The number of amides is 2. The van der Waals surface area contributed by atoms with E-state index in [2.05, 4.69) is 19.2 Å². The van der Waals surface area contributed by atoms with Gasteiger partial charge in [0.25, 0.3) is 0 Å². The summed E-state index contributed by atoms with van der Waals surface area (Å²) in [6.45, 7) is 9.84. The minimum Gasteiger partial charge on any atom is -0.492 e. The van der Waals surface area contributed by atoms with Crippen molar-refractivity contribution >= 4 is 17.7 Å². The lowest BCUT2D eigenvalue weighted by atomic mass is 10.1. The van der Waals surface area contributed by atoms with Gasteiger partial charge in [0, 0.05) is 25.3 Å². The van der Waals surface area contributed by atoms with Crippen LogP contribution in [0.5, 0.6) is 5.75 Å². The summed E-state index contributed by atoms with van der Waals surface area (Å²) in [4.78, 5) is 25.9. The van der Waals surface area contributed by atoms with Crippen LogP contribution < -0.4 is 10.1 Å². The fourth-order valence-corrected chi connectivity index (χ4v) is 3.28. The van der Waals surface area contributed by atoms with Gasteiger partial charge in [0.05, 0.1) is 6.54 Å². The third-order valence-corrected chi connectivity index (χ3v) is 5.15. The van der Waals surface area contributed by atoms with E-state index >= 15 is 0 Å². The second-order valence-electron chi connectivity index (χ2n) is 8.45. The minimum atomic E-state index is -0.970. The number of hydrogen-bond acceptors (Lipinski definition) is 4. The Bertz CT molecular complexity index is 883. The summed E-state index contributed by atoms with van der Waals surface area (Å²) in [6, 6.07) is 14.9. The van der Waals surface area contributed by atoms with Crippen LogP contribution in [0.25, 0.3) is 0 Å².